The van der Waals surface area contributed by atoms with Gasteiger partial charge in [-0.2, -0.15) is 25.3 Å². The Morgan fingerprint density at radius 1 is 0.659 bits per heavy atom. The van der Waals surface area contributed by atoms with Gasteiger partial charge in [-0.1, -0.05) is 29.8 Å². The fraction of sp³-hybridized carbons (Fsp3) is 0.310. The maximum atomic E-state index is 12.5. The minimum absolute atomic E-state index is 0.00404. The van der Waals surface area contributed by atoms with Gasteiger partial charge in [-0.25, -0.2) is 0 Å². The highest BCUT2D eigenvalue weighted by Crippen LogP contribution is 2.51. The Balaban J connectivity index is 2.26. The number of methoxy groups -OCH3 is 2. The summed E-state index contributed by atoms with van der Waals surface area (Å²) in [5.74, 6) is -0.0460. The second kappa shape index (κ2) is 13.8. The summed E-state index contributed by atoms with van der Waals surface area (Å²) in [5, 5.41) is 0. The van der Waals surface area contributed by atoms with Gasteiger partial charge in [0.2, 0.25) is 0 Å². The van der Waals surface area contributed by atoms with Crippen molar-refractivity contribution in [3.63, 3.8) is 0 Å². The van der Waals surface area contributed by atoms with Gasteiger partial charge in [0.05, 0.1) is 45.2 Å². The predicted octanol–water partition coefficient (Wildman–Crippen LogP) is 4.79. The molecule has 12 nitrogen and oxygen atoms in total. The van der Waals surface area contributed by atoms with E-state index in [2.05, 4.69) is 0 Å². The second-order valence-corrected chi connectivity index (χ2v) is 14.6. The normalized spacial score (nSPS) is 11.8. The summed E-state index contributed by atoms with van der Waals surface area (Å²) in [7, 11) is -9.22. The summed E-state index contributed by atoms with van der Waals surface area (Å²) in [4.78, 5) is 0. The molecule has 0 heterocycles. The van der Waals surface area contributed by atoms with Gasteiger partial charge in [0, 0.05) is 5.56 Å². The number of rotatable bonds is 14. The largest absolute Gasteiger partial charge is 0.496 e. The molecule has 15 heteroatoms. The number of hydrogen-bond donors (Lipinski definition) is 0. The average Bonchev–Trinajstić information content (AvgIpc) is 2.89. The van der Waals surface area contributed by atoms with Crippen molar-refractivity contribution in [1.82, 2.24) is 0 Å². The first-order valence-corrected chi connectivity index (χ1v) is 18.3. The molecule has 0 bridgehead atoms. The highest BCUT2D eigenvalue weighted by Gasteiger charge is 2.27. The van der Waals surface area contributed by atoms with E-state index in [0.717, 1.165) is 24.3 Å². The van der Waals surface area contributed by atoms with Gasteiger partial charge in [0.25, 0.3) is 0 Å². The third kappa shape index (κ3) is 9.79. The van der Waals surface area contributed by atoms with Crippen LogP contribution in [-0.2, 0) is 30.4 Å². The molecule has 0 unspecified atom stereocenters. The van der Waals surface area contributed by atoms with Crippen LogP contribution in [0.25, 0.3) is 22.3 Å². The van der Waals surface area contributed by atoms with E-state index in [-0.39, 0.29) is 52.2 Å². The number of benzene rings is 3. The summed E-state index contributed by atoms with van der Waals surface area (Å²) in [6, 6.07) is 11.9. The molecule has 0 radical (unpaired) electrons. The second-order valence-electron chi connectivity index (χ2n) is 9.83. The van der Waals surface area contributed by atoms with E-state index in [1.54, 1.807) is 24.3 Å². The minimum atomic E-state index is -4.14. The predicted molar refractivity (Wildman–Crippen MR) is 166 cm³/mol. The number of ether oxygens (including phenoxy) is 3. The topological polar surface area (TPSA) is 158 Å². The van der Waals surface area contributed by atoms with Crippen LogP contribution in [-0.4, -0.2) is 64.8 Å². The van der Waals surface area contributed by atoms with E-state index >= 15 is 0 Å². The van der Waals surface area contributed by atoms with E-state index in [1.165, 1.54) is 38.5 Å². The first kappa shape index (κ1) is 34.5. The maximum Gasteiger partial charge on any atom is 0.306 e. The number of allylic oxidation sites excluding steroid dienone is 1. The van der Waals surface area contributed by atoms with Crippen molar-refractivity contribution in [3.05, 3.63) is 60.2 Å². The highest BCUT2D eigenvalue weighted by molar-refractivity contribution is 7.86. The molecular formula is C29H34O12S3. The van der Waals surface area contributed by atoms with Crippen molar-refractivity contribution in [2.45, 2.75) is 20.3 Å². The Bertz CT molecular complexity index is 1860. The molecule has 0 saturated heterocycles. The van der Waals surface area contributed by atoms with Crippen LogP contribution in [0, 0.1) is 0 Å². The summed E-state index contributed by atoms with van der Waals surface area (Å²) in [5.41, 5.74) is 2.29. The van der Waals surface area contributed by atoms with E-state index in [1.807, 2.05) is 19.9 Å². The van der Waals surface area contributed by atoms with E-state index in [0.29, 0.717) is 17.5 Å². The van der Waals surface area contributed by atoms with Crippen LogP contribution in [0.2, 0.25) is 0 Å². The van der Waals surface area contributed by atoms with Crippen LogP contribution in [0.3, 0.4) is 0 Å². The summed E-state index contributed by atoms with van der Waals surface area (Å²) in [6.45, 7) is 4.13. The minimum Gasteiger partial charge on any atom is -0.496 e. The summed E-state index contributed by atoms with van der Waals surface area (Å²) in [6.07, 6.45) is 5.19. The van der Waals surface area contributed by atoms with Crippen molar-refractivity contribution in [1.29, 1.82) is 0 Å². The molecule has 0 aliphatic rings. The van der Waals surface area contributed by atoms with Gasteiger partial charge in [0.1, 0.15) is 11.5 Å². The molecule has 0 atom stereocenters. The Hall–Kier alpha value is -3.95. The zero-order valence-electron chi connectivity index (χ0n) is 25.2. The molecule has 0 fully saturated rings. The smallest absolute Gasteiger partial charge is 0.306 e. The Labute approximate surface area is 258 Å². The molecule has 3 aromatic rings. The summed E-state index contributed by atoms with van der Waals surface area (Å²) < 4.78 is 105. The van der Waals surface area contributed by atoms with Gasteiger partial charge in [-0.05, 0) is 61.7 Å². The lowest BCUT2D eigenvalue weighted by molar-refractivity contribution is 0.314. The van der Waals surface area contributed by atoms with Gasteiger partial charge >= 0.3 is 30.4 Å². The Morgan fingerprint density at radius 2 is 1.25 bits per heavy atom. The van der Waals surface area contributed by atoms with Crippen molar-refractivity contribution >= 4 is 30.4 Å². The molecule has 3 rings (SSSR count). The Kier molecular flexibility index (Phi) is 10.8. The first-order chi connectivity index (χ1) is 20.4. The molecule has 0 aromatic heterocycles. The fourth-order valence-electron chi connectivity index (χ4n) is 4.09. The molecule has 0 spiro atoms. The standard InChI is InChI=1S/C29H34O12S3/c1-19(2)9-8-16-38-24-15-12-21(17-25(24)40-43(6,32)33)27-26(36-3)18-23(28(37-4)29(27)41-44(7,34)35)20-10-13-22(14-11-20)39-42(5,30)31/h9-15,17-18H,8,16H2,1-7H3. The SMILES string of the molecule is COc1cc(-c2ccc(OS(C)(=O)=O)cc2)c(OC)c(OS(C)(=O)=O)c1-c1ccc(OCCC=C(C)C)c(OS(C)(=O)=O)c1. The molecule has 44 heavy (non-hydrogen) atoms. The quantitative estimate of drug-likeness (QED) is 0.131. The first-order valence-electron chi connectivity index (χ1n) is 12.9. The molecule has 0 amide bonds. The molecule has 0 aliphatic heterocycles. The third-order valence-corrected chi connectivity index (χ3v) is 7.12. The van der Waals surface area contributed by atoms with Gasteiger partial charge < -0.3 is 26.8 Å². The van der Waals surface area contributed by atoms with Crippen LogP contribution in [0.1, 0.15) is 20.3 Å². The van der Waals surface area contributed by atoms with Crippen molar-refractivity contribution in [2.75, 3.05) is 39.6 Å². The van der Waals surface area contributed by atoms with Crippen LogP contribution in [0.15, 0.2) is 60.2 Å². The molecule has 3 aromatic carbocycles. The van der Waals surface area contributed by atoms with E-state index < -0.39 is 30.4 Å². The van der Waals surface area contributed by atoms with Crippen LogP contribution >= 0.6 is 0 Å². The van der Waals surface area contributed by atoms with Gasteiger partial charge in [-0.3, -0.25) is 0 Å². The van der Waals surface area contributed by atoms with Gasteiger partial charge in [-0.15, -0.1) is 0 Å². The van der Waals surface area contributed by atoms with Crippen LogP contribution < -0.4 is 26.8 Å². The van der Waals surface area contributed by atoms with Crippen LogP contribution in [0.5, 0.6) is 34.5 Å². The van der Waals surface area contributed by atoms with Crippen LogP contribution in [0.4, 0.5) is 0 Å². The zero-order chi connectivity index (χ0) is 32.9. The monoisotopic (exact) mass is 670 g/mol. The van der Waals surface area contributed by atoms with Crippen molar-refractivity contribution in [2.24, 2.45) is 0 Å². The highest BCUT2D eigenvalue weighted by atomic mass is 32.2. The Morgan fingerprint density at radius 3 is 1.77 bits per heavy atom. The molecule has 240 valence electrons. The lowest BCUT2D eigenvalue weighted by atomic mass is 9.96. The van der Waals surface area contributed by atoms with E-state index in [4.69, 9.17) is 26.8 Å². The maximum absolute atomic E-state index is 12.5. The zero-order valence-corrected chi connectivity index (χ0v) is 27.7. The van der Waals surface area contributed by atoms with Gasteiger partial charge in [0.15, 0.2) is 23.0 Å². The lowest BCUT2D eigenvalue weighted by Crippen LogP contribution is -2.10. The summed E-state index contributed by atoms with van der Waals surface area (Å²) >= 11 is 0. The molecule has 0 aliphatic carbocycles. The molecular weight excluding hydrogens is 637 g/mol. The average molecular weight is 671 g/mol. The third-order valence-electron chi connectivity index (χ3n) is 5.67. The number of hydrogen-bond acceptors (Lipinski definition) is 12. The van der Waals surface area contributed by atoms with E-state index in [9.17, 15) is 25.3 Å². The lowest BCUT2D eigenvalue weighted by Gasteiger charge is -2.21. The van der Waals surface area contributed by atoms with Crippen molar-refractivity contribution in [3.8, 4) is 56.8 Å². The van der Waals surface area contributed by atoms with Crippen molar-refractivity contribution < 1.29 is 52.0 Å². The molecule has 0 saturated carbocycles. The molecule has 0 N–H and O–H groups in total. The fourth-order valence-corrected chi connectivity index (χ4v) is 5.47.